The molecular weight excluding hydrogens is 435 g/mol. The van der Waals surface area contributed by atoms with E-state index in [1.54, 1.807) is 6.07 Å². The summed E-state index contributed by atoms with van der Waals surface area (Å²) in [5.74, 6) is 0. The lowest BCUT2D eigenvalue weighted by molar-refractivity contribution is -0.141. The molecule has 0 radical (unpaired) electrons. The predicted molar refractivity (Wildman–Crippen MR) is 116 cm³/mol. The van der Waals surface area contributed by atoms with Crippen molar-refractivity contribution >= 4 is 21.7 Å². The van der Waals surface area contributed by atoms with Gasteiger partial charge in [0.25, 0.3) is 5.56 Å². The smallest absolute Gasteiger partial charge is 0.389 e. The van der Waals surface area contributed by atoms with Crippen LogP contribution in [0.3, 0.4) is 0 Å². The number of benzene rings is 2. The van der Waals surface area contributed by atoms with Crippen molar-refractivity contribution in [2.45, 2.75) is 31.2 Å². The van der Waals surface area contributed by atoms with Gasteiger partial charge < -0.3 is 9.84 Å². The molecule has 0 amide bonds. The van der Waals surface area contributed by atoms with Crippen molar-refractivity contribution in [3.63, 3.8) is 0 Å². The normalized spacial score (nSPS) is 19.3. The number of aliphatic hydroxyl groups excluding tert-OH is 1. The van der Waals surface area contributed by atoms with Gasteiger partial charge >= 0.3 is 6.18 Å². The summed E-state index contributed by atoms with van der Waals surface area (Å²) in [5.41, 5.74) is 0.698. The van der Waals surface area contributed by atoms with Gasteiger partial charge in [0, 0.05) is 18.2 Å². The van der Waals surface area contributed by atoms with Gasteiger partial charge in [-0.25, -0.2) is 4.98 Å². The molecule has 4 aromatic rings. The average Bonchev–Trinajstić information content (AvgIpc) is 2.80. The van der Waals surface area contributed by atoms with Gasteiger partial charge in [0.15, 0.2) is 0 Å². The van der Waals surface area contributed by atoms with E-state index in [9.17, 15) is 23.1 Å². The predicted octanol–water partition coefficient (Wildman–Crippen LogP) is 3.88. The molecule has 0 unspecified atom stereocenters. The van der Waals surface area contributed by atoms with Crippen LogP contribution in [0.15, 0.2) is 59.8 Å². The molecule has 0 bridgehead atoms. The molecule has 2 aromatic carbocycles. The fraction of sp³-hybridized carbons (Fsp3) is 0.292. The molecule has 3 heterocycles. The highest BCUT2D eigenvalue weighted by molar-refractivity contribution is 6.06. The van der Waals surface area contributed by atoms with E-state index in [2.05, 4.69) is 9.97 Å². The number of ether oxygens (including phenoxy) is 1. The Morgan fingerprint density at radius 3 is 2.58 bits per heavy atom. The van der Waals surface area contributed by atoms with Crippen molar-refractivity contribution in [3.05, 3.63) is 82.2 Å². The zero-order valence-electron chi connectivity index (χ0n) is 17.4. The maximum absolute atomic E-state index is 13.4. The lowest BCUT2D eigenvalue weighted by Gasteiger charge is -2.29. The molecule has 1 saturated heterocycles. The number of pyridine rings is 1. The highest BCUT2D eigenvalue weighted by Gasteiger charge is 2.32. The number of hydrogen-bond donors (Lipinski definition) is 1. The largest absolute Gasteiger partial charge is 0.433 e. The number of fused-ring (bicyclic) bond motifs is 3. The first-order valence-electron chi connectivity index (χ1n) is 10.5. The van der Waals surface area contributed by atoms with Gasteiger partial charge in [-0.3, -0.25) is 14.3 Å². The van der Waals surface area contributed by atoms with Crippen LogP contribution >= 0.6 is 0 Å². The van der Waals surface area contributed by atoms with Crippen LogP contribution in [0.4, 0.5) is 13.2 Å². The van der Waals surface area contributed by atoms with Crippen LogP contribution in [0.1, 0.15) is 29.3 Å². The second kappa shape index (κ2) is 8.24. The maximum Gasteiger partial charge on any atom is 0.433 e. The molecule has 2 atom stereocenters. The van der Waals surface area contributed by atoms with Crippen molar-refractivity contribution in [1.29, 1.82) is 0 Å². The zero-order chi connectivity index (χ0) is 23.2. The molecule has 33 heavy (non-hydrogen) atoms. The molecule has 0 saturated carbocycles. The Bertz CT molecular complexity index is 1380. The van der Waals surface area contributed by atoms with E-state index in [1.807, 2.05) is 24.3 Å². The minimum absolute atomic E-state index is 0.152. The summed E-state index contributed by atoms with van der Waals surface area (Å²) in [6.45, 7) is 0.592. The highest BCUT2D eigenvalue weighted by Crippen LogP contribution is 2.30. The number of rotatable bonds is 3. The zero-order valence-corrected chi connectivity index (χ0v) is 17.4. The summed E-state index contributed by atoms with van der Waals surface area (Å²) in [4.78, 5) is 21.5. The van der Waals surface area contributed by atoms with Gasteiger partial charge in [-0.1, -0.05) is 30.3 Å². The van der Waals surface area contributed by atoms with Crippen LogP contribution in [0.25, 0.3) is 21.7 Å². The second-order valence-electron chi connectivity index (χ2n) is 8.16. The number of aromatic nitrogens is 3. The summed E-state index contributed by atoms with van der Waals surface area (Å²) >= 11 is 0. The summed E-state index contributed by atoms with van der Waals surface area (Å²) < 4.78 is 45.3. The van der Waals surface area contributed by atoms with Gasteiger partial charge in [0.2, 0.25) is 0 Å². The molecule has 170 valence electrons. The van der Waals surface area contributed by atoms with E-state index in [-0.39, 0.29) is 12.2 Å². The second-order valence-corrected chi connectivity index (χ2v) is 8.16. The standard InChI is InChI=1S/C24H20F3N3O3/c25-24(26,27)21-6-5-14(11-28-21)9-15-10-18-22(17-4-2-1-3-16(15)17)29-13-30(23(18)32)19-7-8-33-12-20(19)31/h1-6,10-11,13,19-20,31H,7-9,12H2/t19-,20-/m0/s1. The number of aliphatic hydroxyl groups is 1. The molecule has 0 aliphatic carbocycles. The minimum Gasteiger partial charge on any atom is -0.389 e. The molecule has 9 heteroatoms. The highest BCUT2D eigenvalue weighted by atomic mass is 19.4. The SMILES string of the molecule is O=c1c2cc(Cc3ccc(C(F)(F)F)nc3)c3ccccc3c2ncn1[C@H]1CCOC[C@@H]1O. The Hall–Kier alpha value is -3.30. The van der Waals surface area contributed by atoms with Gasteiger partial charge in [-0.05, 0) is 41.5 Å². The van der Waals surface area contributed by atoms with E-state index >= 15 is 0 Å². The monoisotopic (exact) mass is 455 g/mol. The van der Waals surface area contributed by atoms with Gasteiger partial charge in [0.1, 0.15) is 5.69 Å². The van der Waals surface area contributed by atoms with Crippen LogP contribution in [-0.2, 0) is 17.3 Å². The number of hydrogen-bond acceptors (Lipinski definition) is 5. The van der Waals surface area contributed by atoms with Crippen molar-refractivity contribution in [1.82, 2.24) is 14.5 Å². The van der Waals surface area contributed by atoms with Crippen LogP contribution in [-0.4, -0.2) is 39.0 Å². The van der Waals surface area contributed by atoms with E-state index in [1.165, 1.54) is 23.2 Å². The first kappa shape index (κ1) is 21.5. The number of alkyl halides is 3. The third-order valence-electron chi connectivity index (χ3n) is 6.04. The van der Waals surface area contributed by atoms with Crippen molar-refractivity contribution in [2.75, 3.05) is 13.2 Å². The lowest BCUT2D eigenvalue weighted by Crippen LogP contribution is -2.39. The molecule has 5 rings (SSSR count). The van der Waals surface area contributed by atoms with Crippen LogP contribution in [0, 0.1) is 0 Å². The van der Waals surface area contributed by atoms with Crippen molar-refractivity contribution < 1.29 is 23.0 Å². The topological polar surface area (TPSA) is 77.2 Å². The summed E-state index contributed by atoms with van der Waals surface area (Å²) in [7, 11) is 0. The van der Waals surface area contributed by atoms with E-state index < -0.39 is 24.0 Å². The Kier molecular flexibility index (Phi) is 5.38. The van der Waals surface area contributed by atoms with Crippen LogP contribution < -0.4 is 5.56 Å². The van der Waals surface area contributed by atoms with E-state index in [0.29, 0.717) is 35.9 Å². The quantitative estimate of drug-likeness (QED) is 0.475. The fourth-order valence-electron chi connectivity index (χ4n) is 4.38. The molecule has 6 nitrogen and oxygen atoms in total. The third-order valence-corrected chi connectivity index (χ3v) is 6.04. The molecular formula is C24H20F3N3O3. The fourth-order valence-corrected chi connectivity index (χ4v) is 4.38. The maximum atomic E-state index is 13.4. The van der Waals surface area contributed by atoms with E-state index in [4.69, 9.17) is 4.74 Å². The minimum atomic E-state index is -4.50. The first-order chi connectivity index (χ1) is 15.8. The summed E-state index contributed by atoms with van der Waals surface area (Å²) in [6.07, 6.45) is -1.84. The lowest BCUT2D eigenvalue weighted by atomic mass is 9.96. The van der Waals surface area contributed by atoms with Crippen LogP contribution in [0.5, 0.6) is 0 Å². The van der Waals surface area contributed by atoms with Crippen LogP contribution in [0.2, 0.25) is 0 Å². The molecule has 1 aliphatic heterocycles. The third kappa shape index (κ3) is 3.98. The van der Waals surface area contributed by atoms with Gasteiger partial charge in [-0.15, -0.1) is 0 Å². The summed E-state index contributed by atoms with van der Waals surface area (Å²) in [6, 6.07) is 11.1. The van der Waals surface area contributed by atoms with E-state index in [0.717, 1.165) is 22.4 Å². The molecule has 1 N–H and O–H groups in total. The Balaban J connectivity index is 1.63. The average molecular weight is 455 g/mol. The molecule has 1 fully saturated rings. The van der Waals surface area contributed by atoms with Gasteiger partial charge in [0.05, 0.1) is 36.0 Å². The first-order valence-corrected chi connectivity index (χ1v) is 10.5. The van der Waals surface area contributed by atoms with Crippen molar-refractivity contribution in [3.8, 4) is 0 Å². The Labute approximate surface area is 186 Å². The van der Waals surface area contributed by atoms with Crippen molar-refractivity contribution in [2.24, 2.45) is 0 Å². The Morgan fingerprint density at radius 2 is 1.88 bits per heavy atom. The molecule has 2 aromatic heterocycles. The number of nitrogens with zero attached hydrogens (tertiary/aromatic N) is 3. The molecule has 0 spiro atoms. The summed E-state index contributed by atoms with van der Waals surface area (Å²) in [5, 5.41) is 12.4. The number of halogens is 3. The van der Waals surface area contributed by atoms with Gasteiger partial charge in [-0.2, -0.15) is 13.2 Å². The Morgan fingerprint density at radius 1 is 1.09 bits per heavy atom. The molecule has 1 aliphatic rings.